The fourth-order valence-electron chi connectivity index (χ4n) is 0.526. The van der Waals surface area contributed by atoms with Crippen LogP contribution in [0.1, 0.15) is 5.56 Å². The largest absolute Gasteiger partial charge is 0.499 e. The van der Waals surface area contributed by atoms with Crippen LogP contribution in [0.3, 0.4) is 0 Å². The molecular weight excluding hydrogens is 132 g/mol. The molecule has 0 atom stereocenters. The first-order valence-electron chi connectivity index (χ1n) is 2.51. The van der Waals surface area contributed by atoms with Crippen molar-refractivity contribution >= 4 is 17.3 Å². The molecule has 0 saturated heterocycles. The second-order valence-electron chi connectivity index (χ2n) is 1.58. The zero-order valence-electron chi connectivity index (χ0n) is 4.66. The molecule has 1 rings (SSSR count). The molecular formula is C7H5OS. The number of aliphatic hydroxyl groups excluding tert-OH is 1. The summed E-state index contributed by atoms with van der Waals surface area (Å²) in [6.45, 7) is 0. The number of aliphatic hydroxyl groups is 1. The predicted molar refractivity (Wildman–Crippen MR) is 39.6 cm³/mol. The summed E-state index contributed by atoms with van der Waals surface area (Å²) in [6, 6.07) is 9.81. The van der Waals surface area contributed by atoms with Crippen molar-refractivity contribution in [3.8, 4) is 0 Å². The molecule has 9 heavy (non-hydrogen) atoms. The average molecular weight is 137 g/mol. The minimum absolute atomic E-state index is 0.101. The fourth-order valence-corrected chi connectivity index (χ4v) is 0.653. The van der Waals surface area contributed by atoms with Gasteiger partial charge in [-0.2, -0.15) is 0 Å². The second kappa shape index (κ2) is 2.60. The number of rotatable bonds is 1. The van der Waals surface area contributed by atoms with Gasteiger partial charge in [-0.3, -0.25) is 0 Å². The van der Waals surface area contributed by atoms with Gasteiger partial charge in [-0.15, -0.1) is 0 Å². The van der Waals surface area contributed by atoms with Crippen molar-refractivity contribution in [2.75, 3.05) is 0 Å². The van der Waals surface area contributed by atoms with E-state index in [9.17, 15) is 0 Å². The zero-order chi connectivity index (χ0) is 6.69. The Hall–Kier alpha value is -0.890. The van der Waals surface area contributed by atoms with E-state index in [-0.39, 0.29) is 5.05 Å². The SMILES string of the molecule is OC(=S)c1[c]cccc1. The minimum atomic E-state index is -0.101. The molecule has 0 heterocycles. The van der Waals surface area contributed by atoms with Gasteiger partial charge in [-0.05, 0) is 24.4 Å². The van der Waals surface area contributed by atoms with Crippen LogP contribution in [0.25, 0.3) is 0 Å². The third-order valence-electron chi connectivity index (χ3n) is 0.939. The normalized spacial score (nSPS) is 8.89. The van der Waals surface area contributed by atoms with E-state index >= 15 is 0 Å². The van der Waals surface area contributed by atoms with Gasteiger partial charge in [0, 0.05) is 5.56 Å². The molecule has 0 aliphatic rings. The van der Waals surface area contributed by atoms with Gasteiger partial charge in [0.25, 0.3) is 0 Å². The lowest BCUT2D eigenvalue weighted by Gasteiger charge is -1.90. The van der Waals surface area contributed by atoms with Crippen molar-refractivity contribution in [3.05, 3.63) is 35.9 Å². The quantitative estimate of drug-likeness (QED) is 0.595. The average Bonchev–Trinajstić information content (AvgIpc) is 1.90. The molecule has 1 nitrogen and oxygen atoms in total. The number of hydrogen-bond acceptors (Lipinski definition) is 1. The van der Waals surface area contributed by atoms with E-state index in [0.717, 1.165) is 0 Å². The summed E-state index contributed by atoms with van der Waals surface area (Å²) in [6.07, 6.45) is 0. The van der Waals surface area contributed by atoms with Crippen LogP contribution < -0.4 is 0 Å². The van der Waals surface area contributed by atoms with Crippen LogP contribution in [-0.4, -0.2) is 10.2 Å². The zero-order valence-corrected chi connectivity index (χ0v) is 5.48. The smallest absolute Gasteiger partial charge is 0.189 e. The van der Waals surface area contributed by atoms with E-state index in [1.165, 1.54) is 0 Å². The Bertz CT molecular complexity index is 205. The maximum absolute atomic E-state index is 8.72. The van der Waals surface area contributed by atoms with Gasteiger partial charge in [-0.25, -0.2) is 0 Å². The van der Waals surface area contributed by atoms with Crippen LogP contribution in [-0.2, 0) is 0 Å². The third kappa shape index (κ3) is 1.50. The monoisotopic (exact) mass is 137 g/mol. The molecule has 0 aromatic heterocycles. The van der Waals surface area contributed by atoms with Gasteiger partial charge < -0.3 is 5.11 Å². The number of thiocarbonyl (C=S) groups is 1. The topological polar surface area (TPSA) is 20.2 Å². The Balaban J connectivity index is 2.98. The number of benzene rings is 1. The highest BCUT2D eigenvalue weighted by molar-refractivity contribution is 7.80. The van der Waals surface area contributed by atoms with Gasteiger partial charge in [0.15, 0.2) is 5.05 Å². The maximum Gasteiger partial charge on any atom is 0.189 e. The standard InChI is InChI=1S/C7H5OS/c8-7(9)6-4-2-1-3-5-6/h1-4H,(H,8,9). The molecule has 0 aliphatic heterocycles. The first kappa shape index (κ1) is 6.23. The molecule has 1 N–H and O–H groups in total. The Morgan fingerprint density at radius 3 is 2.67 bits per heavy atom. The van der Waals surface area contributed by atoms with Gasteiger partial charge >= 0.3 is 0 Å². The van der Waals surface area contributed by atoms with Gasteiger partial charge in [0.05, 0.1) is 0 Å². The summed E-state index contributed by atoms with van der Waals surface area (Å²) in [5.74, 6) is 0. The number of hydrogen-bond donors (Lipinski definition) is 1. The summed E-state index contributed by atoms with van der Waals surface area (Å²) in [5, 5.41) is 8.62. The fraction of sp³-hybridized carbons (Fsp3) is 0. The maximum atomic E-state index is 8.72. The lowest BCUT2D eigenvalue weighted by atomic mass is 10.2. The van der Waals surface area contributed by atoms with Crippen LogP contribution in [0.2, 0.25) is 0 Å². The molecule has 2 heteroatoms. The first-order valence-corrected chi connectivity index (χ1v) is 2.91. The molecule has 1 radical (unpaired) electrons. The lowest BCUT2D eigenvalue weighted by Crippen LogP contribution is -1.92. The molecule has 1 aromatic rings. The van der Waals surface area contributed by atoms with E-state index in [0.29, 0.717) is 5.56 Å². The third-order valence-corrected chi connectivity index (χ3v) is 1.16. The highest BCUT2D eigenvalue weighted by Gasteiger charge is 1.92. The van der Waals surface area contributed by atoms with E-state index in [1.54, 1.807) is 18.2 Å². The van der Waals surface area contributed by atoms with Crippen LogP contribution >= 0.6 is 12.2 Å². The summed E-state index contributed by atoms with van der Waals surface area (Å²) in [7, 11) is 0. The second-order valence-corrected chi connectivity index (χ2v) is 1.97. The Morgan fingerprint density at radius 1 is 1.56 bits per heavy atom. The van der Waals surface area contributed by atoms with Crippen molar-refractivity contribution < 1.29 is 5.11 Å². The molecule has 0 amide bonds. The van der Waals surface area contributed by atoms with Gasteiger partial charge in [0.1, 0.15) is 0 Å². The van der Waals surface area contributed by atoms with Crippen LogP contribution in [0.5, 0.6) is 0 Å². The summed E-state index contributed by atoms with van der Waals surface area (Å²) >= 11 is 4.49. The predicted octanol–water partition coefficient (Wildman–Crippen LogP) is 1.72. The van der Waals surface area contributed by atoms with Gasteiger partial charge in [0.2, 0.25) is 0 Å². The summed E-state index contributed by atoms with van der Waals surface area (Å²) in [5.41, 5.74) is 0.576. The highest BCUT2D eigenvalue weighted by Crippen LogP contribution is 1.96. The summed E-state index contributed by atoms with van der Waals surface area (Å²) in [4.78, 5) is 0. The molecule has 0 aliphatic carbocycles. The molecule has 0 spiro atoms. The highest BCUT2D eigenvalue weighted by atomic mass is 32.1. The first-order chi connectivity index (χ1) is 4.30. The van der Waals surface area contributed by atoms with Crippen LogP contribution in [0.4, 0.5) is 0 Å². The molecule has 0 bridgehead atoms. The van der Waals surface area contributed by atoms with Crippen LogP contribution in [0, 0.1) is 6.07 Å². The van der Waals surface area contributed by atoms with E-state index in [2.05, 4.69) is 18.3 Å². The van der Waals surface area contributed by atoms with Gasteiger partial charge in [-0.1, -0.05) is 18.2 Å². The Morgan fingerprint density at radius 2 is 2.33 bits per heavy atom. The molecule has 1 aromatic carbocycles. The molecule has 0 fully saturated rings. The molecule has 45 valence electrons. The van der Waals surface area contributed by atoms with Crippen molar-refractivity contribution in [1.82, 2.24) is 0 Å². The van der Waals surface area contributed by atoms with E-state index in [1.807, 2.05) is 6.07 Å². The van der Waals surface area contributed by atoms with Crippen molar-refractivity contribution in [1.29, 1.82) is 0 Å². The van der Waals surface area contributed by atoms with E-state index < -0.39 is 0 Å². The summed E-state index contributed by atoms with van der Waals surface area (Å²) < 4.78 is 0. The Labute approximate surface area is 58.9 Å². The minimum Gasteiger partial charge on any atom is -0.499 e. The van der Waals surface area contributed by atoms with Crippen molar-refractivity contribution in [2.45, 2.75) is 0 Å². The Kier molecular flexibility index (Phi) is 1.80. The van der Waals surface area contributed by atoms with Crippen LogP contribution in [0.15, 0.2) is 24.3 Å². The van der Waals surface area contributed by atoms with Crippen molar-refractivity contribution in [3.63, 3.8) is 0 Å². The van der Waals surface area contributed by atoms with Crippen molar-refractivity contribution in [2.24, 2.45) is 0 Å². The molecule has 0 saturated carbocycles. The van der Waals surface area contributed by atoms with E-state index in [4.69, 9.17) is 5.11 Å². The molecule has 0 unspecified atom stereocenters. The lowest BCUT2D eigenvalue weighted by molar-refractivity contribution is 0.571.